The normalized spacial score (nSPS) is 14.3. The van der Waals surface area contributed by atoms with Crippen LogP contribution in [0.25, 0.3) is 16.6 Å². The third-order valence-corrected chi connectivity index (χ3v) is 4.77. The number of carbonyl (C=O) groups is 1. The van der Waals surface area contributed by atoms with E-state index in [4.69, 9.17) is 4.74 Å². The first kappa shape index (κ1) is 18.5. The summed E-state index contributed by atoms with van der Waals surface area (Å²) in [5.74, 6) is -0.265. The lowest BCUT2D eigenvalue weighted by atomic mass is 10.2. The molecule has 3 aromatic rings. The number of halogens is 1. The van der Waals surface area contributed by atoms with Gasteiger partial charge < -0.3 is 9.30 Å². The number of esters is 1. The quantitative estimate of drug-likeness (QED) is 0.628. The largest absolute Gasteiger partial charge is 0.460 e. The van der Waals surface area contributed by atoms with Gasteiger partial charge in [-0.2, -0.15) is 0 Å². The molecule has 26 heavy (non-hydrogen) atoms. The average molecular weight is 371 g/mol. The Bertz CT molecular complexity index is 870. The molecule has 136 valence electrons. The molecule has 4 rings (SSSR count). The van der Waals surface area contributed by atoms with E-state index in [1.54, 1.807) is 0 Å². The SMILES string of the molecule is Cl.O=C(OCCN1CCCC1)c1cc2ccccc2n1-c1ccccc1. The van der Waals surface area contributed by atoms with E-state index in [1.165, 1.54) is 12.8 Å². The molecule has 0 bridgehead atoms. The molecule has 1 aliphatic heterocycles. The van der Waals surface area contributed by atoms with Crippen LogP contribution in [-0.2, 0) is 4.74 Å². The number of para-hydroxylation sites is 2. The summed E-state index contributed by atoms with van der Waals surface area (Å²) in [4.78, 5) is 15.1. The standard InChI is InChI=1S/C21H22N2O2.ClH/c24-21(25-15-14-22-12-6-7-13-22)20-16-17-8-4-5-11-19(17)23(20)18-9-2-1-3-10-18;/h1-5,8-11,16H,6-7,12-15H2;1H. The average Bonchev–Trinajstić information content (AvgIpc) is 3.30. The molecule has 4 nitrogen and oxygen atoms in total. The molecule has 0 spiro atoms. The fourth-order valence-corrected chi connectivity index (χ4v) is 3.51. The third kappa shape index (κ3) is 3.76. The first-order valence-electron chi connectivity index (χ1n) is 8.88. The van der Waals surface area contributed by atoms with Gasteiger partial charge in [0.2, 0.25) is 0 Å². The van der Waals surface area contributed by atoms with Crippen LogP contribution in [0.5, 0.6) is 0 Å². The van der Waals surface area contributed by atoms with Crippen molar-refractivity contribution in [3.05, 3.63) is 66.4 Å². The molecule has 1 saturated heterocycles. The molecule has 0 atom stereocenters. The van der Waals surface area contributed by atoms with Gasteiger partial charge in [0.15, 0.2) is 0 Å². The summed E-state index contributed by atoms with van der Waals surface area (Å²) in [7, 11) is 0. The maximum Gasteiger partial charge on any atom is 0.355 e. The molecule has 0 radical (unpaired) electrons. The Balaban J connectivity index is 0.00000196. The number of nitrogens with zero attached hydrogens (tertiary/aromatic N) is 2. The van der Waals surface area contributed by atoms with Crippen molar-refractivity contribution in [1.82, 2.24) is 9.47 Å². The van der Waals surface area contributed by atoms with Gasteiger partial charge in [0.25, 0.3) is 0 Å². The molecule has 5 heteroatoms. The van der Waals surface area contributed by atoms with Gasteiger partial charge >= 0.3 is 5.97 Å². The summed E-state index contributed by atoms with van der Waals surface area (Å²) in [6.07, 6.45) is 2.49. The van der Waals surface area contributed by atoms with Crippen molar-refractivity contribution in [1.29, 1.82) is 0 Å². The van der Waals surface area contributed by atoms with Crippen molar-refractivity contribution in [3.8, 4) is 5.69 Å². The van der Waals surface area contributed by atoms with E-state index in [2.05, 4.69) is 4.90 Å². The van der Waals surface area contributed by atoms with Gasteiger partial charge in [-0.15, -0.1) is 12.4 Å². The Morgan fingerprint density at radius 2 is 1.65 bits per heavy atom. The number of fused-ring (bicyclic) bond motifs is 1. The zero-order valence-electron chi connectivity index (χ0n) is 14.6. The van der Waals surface area contributed by atoms with Crippen LogP contribution in [0.15, 0.2) is 60.7 Å². The van der Waals surface area contributed by atoms with E-state index in [0.29, 0.717) is 12.3 Å². The molecule has 0 unspecified atom stereocenters. The Labute approximate surface area is 159 Å². The molecule has 2 aromatic carbocycles. The fraction of sp³-hybridized carbons (Fsp3) is 0.286. The van der Waals surface area contributed by atoms with Gasteiger partial charge in [-0.25, -0.2) is 4.79 Å². The van der Waals surface area contributed by atoms with E-state index in [0.717, 1.165) is 36.2 Å². The fourth-order valence-electron chi connectivity index (χ4n) is 3.51. The number of ether oxygens (including phenoxy) is 1. The summed E-state index contributed by atoms with van der Waals surface area (Å²) in [5, 5.41) is 1.04. The van der Waals surface area contributed by atoms with Crippen molar-refractivity contribution in [3.63, 3.8) is 0 Å². The predicted octanol–water partition coefficient (Wildman–Crippen LogP) is 4.30. The van der Waals surface area contributed by atoms with Crippen molar-refractivity contribution >= 4 is 29.3 Å². The van der Waals surface area contributed by atoms with Crippen LogP contribution in [0.3, 0.4) is 0 Å². The highest BCUT2D eigenvalue weighted by atomic mass is 35.5. The molecule has 1 aromatic heterocycles. The maximum absolute atomic E-state index is 12.7. The summed E-state index contributed by atoms with van der Waals surface area (Å²) < 4.78 is 7.56. The Morgan fingerprint density at radius 1 is 0.962 bits per heavy atom. The number of hydrogen-bond donors (Lipinski definition) is 0. The first-order valence-corrected chi connectivity index (χ1v) is 8.88. The minimum atomic E-state index is -0.265. The van der Waals surface area contributed by atoms with Gasteiger partial charge in [-0.1, -0.05) is 36.4 Å². The number of rotatable bonds is 5. The number of likely N-dealkylation sites (tertiary alicyclic amines) is 1. The van der Waals surface area contributed by atoms with Gasteiger partial charge in [0.1, 0.15) is 12.3 Å². The second kappa shape index (κ2) is 8.39. The van der Waals surface area contributed by atoms with E-state index in [1.807, 2.05) is 65.2 Å². The van der Waals surface area contributed by atoms with E-state index in [-0.39, 0.29) is 18.4 Å². The Morgan fingerprint density at radius 3 is 2.42 bits per heavy atom. The summed E-state index contributed by atoms with van der Waals surface area (Å²) in [6.45, 7) is 3.48. The lowest BCUT2D eigenvalue weighted by molar-refractivity contribution is 0.0463. The van der Waals surface area contributed by atoms with Crippen LogP contribution < -0.4 is 0 Å². The number of carbonyl (C=O) groups excluding carboxylic acids is 1. The molecule has 0 aliphatic carbocycles. The first-order chi connectivity index (χ1) is 12.3. The van der Waals surface area contributed by atoms with Gasteiger partial charge in [0.05, 0.1) is 5.52 Å². The van der Waals surface area contributed by atoms with E-state index < -0.39 is 0 Å². The molecule has 0 amide bonds. The molecular weight excluding hydrogens is 348 g/mol. The summed E-state index contributed by atoms with van der Waals surface area (Å²) >= 11 is 0. The molecule has 2 heterocycles. The molecule has 1 fully saturated rings. The molecular formula is C21H23ClN2O2. The molecule has 1 aliphatic rings. The van der Waals surface area contributed by atoms with Crippen molar-refractivity contribution in [2.24, 2.45) is 0 Å². The summed E-state index contributed by atoms with van der Waals surface area (Å²) in [6, 6.07) is 19.9. The second-order valence-electron chi connectivity index (χ2n) is 6.44. The lowest BCUT2D eigenvalue weighted by Crippen LogP contribution is -2.25. The van der Waals surface area contributed by atoms with Crippen molar-refractivity contribution < 1.29 is 9.53 Å². The minimum absolute atomic E-state index is 0. The Hall–Kier alpha value is -2.30. The van der Waals surface area contributed by atoms with Crippen LogP contribution in [0, 0.1) is 0 Å². The molecule has 0 saturated carbocycles. The smallest absolute Gasteiger partial charge is 0.355 e. The Kier molecular flexibility index (Phi) is 5.96. The van der Waals surface area contributed by atoms with Crippen LogP contribution in [0.1, 0.15) is 23.3 Å². The topological polar surface area (TPSA) is 34.5 Å². The highest BCUT2D eigenvalue weighted by molar-refractivity contribution is 5.97. The number of hydrogen-bond acceptors (Lipinski definition) is 3. The van der Waals surface area contributed by atoms with Crippen molar-refractivity contribution in [2.45, 2.75) is 12.8 Å². The van der Waals surface area contributed by atoms with Gasteiger partial charge in [-0.05, 0) is 50.2 Å². The van der Waals surface area contributed by atoms with Crippen LogP contribution in [0.2, 0.25) is 0 Å². The van der Waals surface area contributed by atoms with Gasteiger partial charge in [-0.3, -0.25) is 4.90 Å². The lowest BCUT2D eigenvalue weighted by Gasteiger charge is -2.15. The summed E-state index contributed by atoms with van der Waals surface area (Å²) in [5.41, 5.74) is 2.56. The molecule has 0 N–H and O–H groups in total. The van der Waals surface area contributed by atoms with Crippen molar-refractivity contribution in [2.75, 3.05) is 26.2 Å². The van der Waals surface area contributed by atoms with Crippen LogP contribution in [0.4, 0.5) is 0 Å². The predicted molar refractivity (Wildman–Crippen MR) is 106 cm³/mol. The van der Waals surface area contributed by atoms with Gasteiger partial charge in [0, 0.05) is 17.6 Å². The monoisotopic (exact) mass is 370 g/mol. The van der Waals surface area contributed by atoms with Crippen LogP contribution >= 0.6 is 12.4 Å². The maximum atomic E-state index is 12.7. The third-order valence-electron chi connectivity index (χ3n) is 4.77. The highest BCUT2D eigenvalue weighted by Crippen LogP contribution is 2.25. The second-order valence-corrected chi connectivity index (χ2v) is 6.44. The minimum Gasteiger partial charge on any atom is -0.460 e. The number of benzene rings is 2. The number of aromatic nitrogens is 1. The van der Waals surface area contributed by atoms with E-state index >= 15 is 0 Å². The zero-order chi connectivity index (χ0) is 17.1. The van der Waals surface area contributed by atoms with Crippen LogP contribution in [-0.4, -0.2) is 41.7 Å². The highest BCUT2D eigenvalue weighted by Gasteiger charge is 2.19. The van der Waals surface area contributed by atoms with E-state index in [9.17, 15) is 4.79 Å². The zero-order valence-corrected chi connectivity index (χ0v) is 15.5.